The Bertz CT molecular complexity index is 1090. The van der Waals surface area contributed by atoms with Gasteiger partial charge in [-0.2, -0.15) is 0 Å². The number of carbonyl (C=O) groups is 1. The molecule has 2 aliphatic rings. The molecule has 0 radical (unpaired) electrons. The first-order chi connectivity index (χ1) is 15.8. The summed E-state index contributed by atoms with van der Waals surface area (Å²) in [6.07, 6.45) is 1.29. The Hall–Kier alpha value is -2.48. The third kappa shape index (κ3) is 5.54. The first-order valence-corrected chi connectivity index (χ1v) is 12.4. The van der Waals surface area contributed by atoms with E-state index in [-0.39, 0.29) is 5.97 Å². The quantitative estimate of drug-likeness (QED) is 0.480. The van der Waals surface area contributed by atoms with Crippen LogP contribution in [0.5, 0.6) is 10.9 Å². The van der Waals surface area contributed by atoms with Crippen molar-refractivity contribution in [1.29, 1.82) is 0 Å². The predicted octanol–water partition coefficient (Wildman–Crippen LogP) is 4.84. The molecule has 6 nitrogen and oxygen atoms in total. The van der Waals surface area contributed by atoms with Gasteiger partial charge in [0.2, 0.25) is 0 Å². The van der Waals surface area contributed by atoms with Crippen molar-refractivity contribution in [2.24, 2.45) is 11.8 Å². The lowest BCUT2D eigenvalue weighted by Crippen LogP contribution is -2.44. The van der Waals surface area contributed by atoms with Gasteiger partial charge in [0.25, 0.3) is 5.19 Å². The zero-order valence-corrected chi connectivity index (χ0v) is 20.2. The molecule has 5 rings (SSSR count). The first kappa shape index (κ1) is 22.3. The fourth-order valence-corrected chi connectivity index (χ4v) is 5.53. The highest BCUT2D eigenvalue weighted by Crippen LogP contribution is 2.49. The van der Waals surface area contributed by atoms with Crippen LogP contribution in [0.15, 0.2) is 48.5 Å². The van der Waals surface area contributed by atoms with Crippen LogP contribution >= 0.6 is 11.3 Å². The maximum Gasteiger partial charge on any atom is 0.320 e. The molecule has 2 heterocycles. The van der Waals surface area contributed by atoms with E-state index in [0.717, 1.165) is 41.5 Å². The molecule has 1 saturated heterocycles. The number of thiazole rings is 1. The smallest absolute Gasteiger partial charge is 0.320 e. The molecule has 1 aliphatic heterocycles. The minimum absolute atomic E-state index is 0.127. The van der Waals surface area contributed by atoms with Gasteiger partial charge >= 0.3 is 5.97 Å². The molecule has 33 heavy (non-hydrogen) atoms. The van der Waals surface area contributed by atoms with Crippen LogP contribution in [0.25, 0.3) is 10.2 Å². The Balaban J connectivity index is 1.11. The number of nitrogens with one attached hydrogen (secondary N) is 1. The first-order valence-electron chi connectivity index (χ1n) is 11.6. The Labute approximate surface area is 198 Å². The second-order valence-electron chi connectivity index (χ2n) is 10.1. The van der Waals surface area contributed by atoms with Crippen molar-refractivity contribution >= 4 is 27.5 Å². The third-order valence-electron chi connectivity index (χ3n) is 6.25. The number of likely N-dealkylation sites (tertiary alicyclic amines) is 1. The van der Waals surface area contributed by atoms with E-state index in [0.29, 0.717) is 23.7 Å². The average Bonchev–Trinajstić information content (AvgIpc) is 3.25. The van der Waals surface area contributed by atoms with Crippen LogP contribution < -0.4 is 10.1 Å². The fraction of sp³-hybridized carbons (Fsp3) is 0.462. The van der Waals surface area contributed by atoms with Crippen molar-refractivity contribution in [3.8, 4) is 10.9 Å². The number of nitrogens with zero attached hydrogens (tertiary/aromatic N) is 2. The van der Waals surface area contributed by atoms with E-state index in [1.165, 1.54) is 12.0 Å². The van der Waals surface area contributed by atoms with Crippen molar-refractivity contribution in [1.82, 2.24) is 15.2 Å². The van der Waals surface area contributed by atoms with Crippen LogP contribution in [0, 0.1) is 11.8 Å². The summed E-state index contributed by atoms with van der Waals surface area (Å²) in [5.41, 5.74) is 1.73. The van der Waals surface area contributed by atoms with Gasteiger partial charge in [-0.1, -0.05) is 35.6 Å². The van der Waals surface area contributed by atoms with Gasteiger partial charge < -0.3 is 14.8 Å². The fourth-order valence-electron chi connectivity index (χ4n) is 4.70. The highest BCUT2D eigenvalue weighted by Gasteiger charge is 2.52. The summed E-state index contributed by atoms with van der Waals surface area (Å²) >= 11 is 1.55. The van der Waals surface area contributed by atoms with Crippen LogP contribution in [-0.4, -0.2) is 47.1 Å². The van der Waals surface area contributed by atoms with Crippen LogP contribution in [0.4, 0.5) is 0 Å². The number of rotatable bonds is 8. The third-order valence-corrected chi connectivity index (χ3v) is 7.16. The largest absolute Gasteiger partial charge is 0.459 e. The van der Waals surface area contributed by atoms with E-state index in [1.807, 2.05) is 51.1 Å². The van der Waals surface area contributed by atoms with E-state index in [9.17, 15) is 4.79 Å². The number of para-hydroxylation sites is 1. The van der Waals surface area contributed by atoms with Gasteiger partial charge in [0.15, 0.2) is 0 Å². The number of hydrogen-bond donors (Lipinski definition) is 1. The van der Waals surface area contributed by atoms with E-state index >= 15 is 0 Å². The topological polar surface area (TPSA) is 63.7 Å². The Morgan fingerprint density at radius 1 is 1.18 bits per heavy atom. The Kier molecular flexibility index (Phi) is 6.12. The summed E-state index contributed by atoms with van der Waals surface area (Å²) in [6.45, 7) is 8.81. The zero-order valence-electron chi connectivity index (χ0n) is 19.4. The summed E-state index contributed by atoms with van der Waals surface area (Å²) in [7, 11) is 0. The van der Waals surface area contributed by atoms with Crippen molar-refractivity contribution in [2.75, 3.05) is 19.6 Å². The molecule has 1 aliphatic carbocycles. The molecule has 0 spiro atoms. The van der Waals surface area contributed by atoms with Gasteiger partial charge in [-0.05, 0) is 68.9 Å². The molecule has 1 saturated carbocycles. The normalized spacial score (nSPS) is 22.3. The second kappa shape index (κ2) is 9.05. The second-order valence-corrected chi connectivity index (χ2v) is 11.1. The number of hydrogen-bond acceptors (Lipinski definition) is 7. The molecule has 7 heteroatoms. The van der Waals surface area contributed by atoms with Crippen LogP contribution in [-0.2, 0) is 16.1 Å². The van der Waals surface area contributed by atoms with Gasteiger partial charge in [-0.15, -0.1) is 0 Å². The van der Waals surface area contributed by atoms with Gasteiger partial charge in [0.1, 0.15) is 11.4 Å². The van der Waals surface area contributed by atoms with Gasteiger partial charge in [-0.25, -0.2) is 4.98 Å². The maximum atomic E-state index is 12.3. The van der Waals surface area contributed by atoms with Crippen molar-refractivity contribution in [3.05, 3.63) is 54.1 Å². The lowest BCUT2D eigenvalue weighted by atomic mass is 10.1. The number of aromatic nitrogens is 1. The standard InChI is InChI=1S/C26H31N3O3S/c1-26(2,3)32-24(30)16-29-15-18-12-20(18)22(29)14-27-13-17-8-10-19(11-9-17)31-25-28-21-6-4-5-7-23(21)33-25/h4-11,18,20,22,27H,12-16H2,1-3H3. The summed E-state index contributed by atoms with van der Waals surface area (Å²) in [4.78, 5) is 19.1. The molecule has 174 valence electrons. The molecule has 3 unspecified atom stereocenters. The Morgan fingerprint density at radius 3 is 2.73 bits per heavy atom. The van der Waals surface area contributed by atoms with Gasteiger partial charge in [0, 0.05) is 25.7 Å². The lowest BCUT2D eigenvalue weighted by Gasteiger charge is -2.28. The van der Waals surface area contributed by atoms with Gasteiger partial charge in [-0.3, -0.25) is 9.69 Å². The van der Waals surface area contributed by atoms with Crippen molar-refractivity contribution < 1.29 is 14.3 Å². The molecular weight excluding hydrogens is 434 g/mol. The van der Waals surface area contributed by atoms with Crippen molar-refractivity contribution in [2.45, 2.75) is 45.4 Å². The molecule has 3 atom stereocenters. The van der Waals surface area contributed by atoms with Crippen LogP contribution in [0.2, 0.25) is 0 Å². The lowest BCUT2D eigenvalue weighted by molar-refractivity contribution is -0.156. The number of esters is 1. The van der Waals surface area contributed by atoms with E-state index < -0.39 is 5.60 Å². The number of benzene rings is 2. The molecule has 1 aromatic heterocycles. The highest BCUT2D eigenvalue weighted by atomic mass is 32.1. The summed E-state index contributed by atoms with van der Waals surface area (Å²) in [5, 5.41) is 4.25. The molecule has 3 aromatic rings. The summed E-state index contributed by atoms with van der Waals surface area (Å²) in [5.74, 6) is 2.12. The highest BCUT2D eigenvalue weighted by molar-refractivity contribution is 7.20. The van der Waals surface area contributed by atoms with Crippen LogP contribution in [0.3, 0.4) is 0 Å². The number of piperidine rings is 1. The predicted molar refractivity (Wildman–Crippen MR) is 131 cm³/mol. The van der Waals surface area contributed by atoms with Crippen LogP contribution in [0.1, 0.15) is 32.8 Å². The van der Waals surface area contributed by atoms with E-state index in [2.05, 4.69) is 33.4 Å². The molecular formula is C26H31N3O3S. The minimum atomic E-state index is -0.434. The number of carbonyl (C=O) groups excluding carboxylic acids is 1. The minimum Gasteiger partial charge on any atom is -0.459 e. The molecule has 0 bridgehead atoms. The van der Waals surface area contributed by atoms with E-state index in [4.69, 9.17) is 9.47 Å². The zero-order chi connectivity index (χ0) is 23.0. The Morgan fingerprint density at radius 2 is 1.97 bits per heavy atom. The number of fused-ring (bicyclic) bond motifs is 2. The summed E-state index contributed by atoms with van der Waals surface area (Å²) in [6, 6.07) is 16.6. The van der Waals surface area contributed by atoms with E-state index in [1.54, 1.807) is 11.3 Å². The average molecular weight is 466 g/mol. The molecule has 2 fully saturated rings. The van der Waals surface area contributed by atoms with Crippen molar-refractivity contribution in [3.63, 3.8) is 0 Å². The SMILES string of the molecule is CC(C)(C)OC(=O)CN1CC2CC2C1CNCc1ccc(Oc2nc3ccccc3s2)cc1. The number of ether oxygens (including phenoxy) is 2. The molecule has 2 aromatic carbocycles. The molecule has 1 N–H and O–H groups in total. The monoisotopic (exact) mass is 465 g/mol. The summed E-state index contributed by atoms with van der Waals surface area (Å²) < 4.78 is 12.6. The molecule has 0 amide bonds. The maximum absolute atomic E-state index is 12.3. The van der Waals surface area contributed by atoms with Gasteiger partial charge in [0.05, 0.1) is 16.8 Å².